The van der Waals surface area contributed by atoms with Crippen molar-refractivity contribution in [1.82, 2.24) is 25.0 Å². The normalized spacial score (nSPS) is 11.2. The van der Waals surface area contributed by atoms with Crippen molar-refractivity contribution in [3.8, 4) is 0 Å². The zero-order chi connectivity index (χ0) is 15.1. The van der Waals surface area contributed by atoms with Gasteiger partial charge in [0, 0.05) is 10.2 Å². The van der Waals surface area contributed by atoms with Crippen molar-refractivity contribution in [1.29, 1.82) is 0 Å². The Morgan fingerprint density at radius 2 is 2.00 bits per heavy atom. The van der Waals surface area contributed by atoms with E-state index in [1.807, 2.05) is 49.4 Å². The van der Waals surface area contributed by atoms with Crippen molar-refractivity contribution in [2.45, 2.75) is 6.92 Å². The molecule has 0 unspecified atom stereocenters. The molecule has 0 aliphatic carbocycles. The second-order valence-corrected chi connectivity index (χ2v) is 5.81. The lowest BCUT2D eigenvalue weighted by molar-refractivity contribution is 0.841. The van der Waals surface area contributed by atoms with Crippen LogP contribution in [0.2, 0.25) is 0 Å². The van der Waals surface area contributed by atoms with Crippen molar-refractivity contribution in [3.63, 3.8) is 0 Å². The van der Waals surface area contributed by atoms with Crippen LogP contribution in [0.15, 0.2) is 46.9 Å². The summed E-state index contributed by atoms with van der Waals surface area (Å²) >= 11 is 3.50. The molecule has 1 N–H and O–H groups in total. The molecule has 0 saturated heterocycles. The molecular formula is C15H11BrN6. The summed E-state index contributed by atoms with van der Waals surface area (Å²) in [4.78, 5) is 4.64. The van der Waals surface area contributed by atoms with Crippen LogP contribution in [0.3, 0.4) is 0 Å². The van der Waals surface area contributed by atoms with E-state index in [2.05, 4.69) is 41.8 Å². The molecule has 22 heavy (non-hydrogen) atoms. The second-order valence-electron chi connectivity index (χ2n) is 4.95. The fourth-order valence-corrected chi connectivity index (χ4v) is 2.59. The lowest BCUT2D eigenvalue weighted by Gasteiger charge is -2.09. The molecule has 0 aliphatic heterocycles. The summed E-state index contributed by atoms with van der Waals surface area (Å²) < 4.78 is 2.76. The summed E-state index contributed by atoms with van der Waals surface area (Å²) in [6.45, 7) is 2.04. The molecule has 0 amide bonds. The minimum absolute atomic E-state index is 0.597. The van der Waals surface area contributed by atoms with Crippen molar-refractivity contribution < 1.29 is 0 Å². The van der Waals surface area contributed by atoms with Gasteiger partial charge in [-0.15, -0.1) is 5.10 Å². The summed E-state index contributed by atoms with van der Waals surface area (Å²) in [5, 5.41) is 15.2. The first kappa shape index (κ1) is 13.1. The zero-order valence-corrected chi connectivity index (χ0v) is 13.2. The van der Waals surface area contributed by atoms with Crippen molar-refractivity contribution in [3.05, 3.63) is 52.5 Å². The lowest BCUT2D eigenvalue weighted by atomic mass is 10.2. The number of tetrazole rings is 1. The monoisotopic (exact) mass is 354 g/mol. The number of benzene rings is 2. The molecule has 0 bridgehead atoms. The number of nitrogens with one attached hydrogen (secondary N) is 1. The predicted octanol–water partition coefficient (Wildman–Crippen LogP) is 3.49. The van der Waals surface area contributed by atoms with Crippen LogP contribution in [0.5, 0.6) is 0 Å². The van der Waals surface area contributed by atoms with Gasteiger partial charge in [-0.2, -0.15) is 4.52 Å². The molecule has 0 radical (unpaired) electrons. The van der Waals surface area contributed by atoms with E-state index in [1.54, 1.807) is 4.52 Å². The molecule has 2 heterocycles. The molecule has 0 aliphatic rings. The van der Waals surface area contributed by atoms with Crippen LogP contribution in [-0.2, 0) is 0 Å². The second kappa shape index (κ2) is 5.03. The van der Waals surface area contributed by atoms with E-state index in [0.717, 1.165) is 26.8 Å². The third kappa shape index (κ3) is 2.10. The Bertz CT molecular complexity index is 994. The van der Waals surface area contributed by atoms with Gasteiger partial charge in [0.15, 0.2) is 5.82 Å². The number of aromatic nitrogens is 5. The SMILES string of the molecule is Cc1cc(Nc2nc3ccccc3n3nnnc23)ccc1Br. The van der Waals surface area contributed by atoms with Crippen molar-refractivity contribution >= 4 is 44.1 Å². The van der Waals surface area contributed by atoms with Crippen molar-refractivity contribution in [2.75, 3.05) is 5.32 Å². The molecule has 0 spiro atoms. The van der Waals surface area contributed by atoms with E-state index in [1.165, 1.54) is 0 Å². The van der Waals surface area contributed by atoms with Gasteiger partial charge in [-0.05, 0) is 53.2 Å². The quantitative estimate of drug-likeness (QED) is 0.596. The van der Waals surface area contributed by atoms with E-state index in [4.69, 9.17) is 0 Å². The number of hydrogen-bond acceptors (Lipinski definition) is 5. The van der Waals surface area contributed by atoms with Gasteiger partial charge in [0.25, 0.3) is 0 Å². The van der Waals surface area contributed by atoms with Crippen LogP contribution in [0.4, 0.5) is 11.5 Å². The molecule has 6 nitrogen and oxygen atoms in total. The van der Waals surface area contributed by atoms with Crippen LogP contribution in [0.1, 0.15) is 5.56 Å². The Balaban J connectivity index is 1.89. The third-order valence-corrected chi connectivity index (χ3v) is 4.33. The average molecular weight is 355 g/mol. The summed E-state index contributed by atoms with van der Waals surface area (Å²) in [6, 6.07) is 13.8. The molecule has 4 aromatic rings. The number of anilines is 2. The van der Waals surface area contributed by atoms with Crippen LogP contribution in [0, 0.1) is 6.92 Å². The summed E-state index contributed by atoms with van der Waals surface area (Å²) in [5.41, 5.74) is 4.38. The van der Waals surface area contributed by atoms with E-state index in [-0.39, 0.29) is 0 Å². The largest absolute Gasteiger partial charge is 0.337 e. The maximum absolute atomic E-state index is 4.64. The minimum Gasteiger partial charge on any atom is -0.337 e. The van der Waals surface area contributed by atoms with E-state index >= 15 is 0 Å². The van der Waals surface area contributed by atoms with E-state index in [9.17, 15) is 0 Å². The van der Waals surface area contributed by atoms with Crippen LogP contribution < -0.4 is 5.32 Å². The Hall–Kier alpha value is -2.54. The predicted molar refractivity (Wildman–Crippen MR) is 88.2 cm³/mol. The van der Waals surface area contributed by atoms with Crippen LogP contribution in [0.25, 0.3) is 16.7 Å². The highest BCUT2D eigenvalue weighted by Crippen LogP contribution is 2.25. The number of halogens is 1. The average Bonchev–Trinajstić information content (AvgIpc) is 3.01. The highest BCUT2D eigenvalue weighted by molar-refractivity contribution is 9.10. The van der Waals surface area contributed by atoms with Gasteiger partial charge in [0.1, 0.15) is 0 Å². The maximum Gasteiger partial charge on any atom is 0.222 e. The summed E-state index contributed by atoms with van der Waals surface area (Å²) in [5.74, 6) is 0.630. The highest BCUT2D eigenvalue weighted by atomic mass is 79.9. The smallest absolute Gasteiger partial charge is 0.222 e. The van der Waals surface area contributed by atoms with Gasteiger partial charge in [0.2, 0.25) is 5.65 Å². The van der Waals surface area contributed by atoms with Crippen molar-refractivity contribution in [2.24, 2.45) is 0 Å². The molecule has 2 aromatic heterocycles. The number of para-hydroxylation sites is 2. The molecule has 4 rings (SSSR count). The standard InChI is InChI=1S/C15H11BrN6/c1-9-8-10(6-7-11(9)16)17-14-15-19-20-21-22(15)13-5-3-2-4-12(13)18-14/h2-8H,1H3,(H,17,18). The minimum atomic E-state index is 0.597. The first-order valence-corrected chi connectivity index (χ1v) is 7.52. The Morgan fingerprint density at radius 1 is 1.14 bits per heavy atom. The Labute approximate surface area is 134 Å². The van der Waals surface area contributed by atoms with E-state index < -0.39 is 0 Å². The van der Waals surface area contributed by atoms with Gasteiger partial charge in [-0.1, -0.05) is 28.1 Å². The molecule has 2 aromatic carbocycles. The molecule has 108 valence electrons. The molecule has 0 atom stereocenters. The number of hydrogen-bond donors (Lipinski definition) is 1. The molecule has 7 heteroatoms. The number of fused-ring (bicyclic) bond motifs is 3. The van der Waals surface area contributed by atoms with Gasteiger partial charge < -0.3 is 5.32 Å². The Kier molecular flexibility index (Phi) is 3.00. The van der Waals surface area contributed by atoms with Gasteiger partial charge >= 0.3 is 0 Å². The topological polar surface area (TPSA) is 68.0 Å². The van der Waals surface area contributed by atoms with E-state index in [0.29, 0.717) is 11.5 Å². The Morgan fingerprint density at radius 3 is 2.86 bits per heavy atom. The first-order valence-electron chi connectivity index (χ1n) is 6.72. The molecular weight excluding hydrogens is 344 g/mol. The number of rotatable bonds is 2. The van der Waals surface area contributed by atoms with Gasteiger partial charge in [0.05, 0.1) is 11.0 Å². The lowest BCUT2D eigenvalue weighted by Crippen LogP contribution is -2.01. The zero-order valence-electron chi connectivity index (χ0n) is 11.7. The first-order chi connectivity index (χ1) is 10.7. The third-order valence-electron chi connectivity index (χ3n) is 3.44. The molecule has 0 fully saturated rings. The fraction of sp³-hybridized carbons (Fsp3) is 0.0667. The summed E-state index contributed by atoms with van der Waals surface area (Å²) in [7, 11) is 0. The number of nitrogens with zero attached hydrogens (tertiary/aromatic N) is 5. The van der Waals surface area contributed by atoms with Gasteiger partial charge in [-0.25, -0.2) is 4.98 Å². The number of aryl methyl sites for hydroxylation is 1. The maximum atomic E-state index is 4.64. The highest BCUT2D eigenvalue weighted by Gasteiger charge is 2.11. The molecule has 0 saturated carbocycles. The fourth-order valence-electron chi connectivity index (χ4n) is 2.35. The van der Waals surface area contributed by atoms with Gasteiger partial charge in [-0.3, -0.25) is 0 Å². The van der Waals surface area contributed by atoms with Crippen LogP contribution in [-0.4, -0.2) is 25.0 Å². The van der Waals surface area contributed by atoms with Crippen LogP contribution >= 0.6 is 15.9 Å². The summed E-state index contributed by atoms with van der Waals surface area (Å²) in [6.07, 6.45) is 0.